The monoisotopic (exact) mass is 379 g/mol. The molecule has 0 fully saturated rings. The number of hydrogen-bond acceptors (Lipinski definition) is 3. The number of para-hydroxylation sites is 2. The van der Waals surface area contributed by atoms with E-state index in [1.807, 2.05) is 37.3 Å². The first-order valence-corrected chi connectivity index (χ1v) is 10.1. The molecule has 0 aliphatic heterocycles. The molecule has 1 amide bonds. The van der Waals surface area contributed by atoms with Gasteiger partial charge in [0.15, 0.2) is 0 Å². The van der Waals surface area contributed by atoms with Crippen LogP contribution in [0.1, 0.15) is 37.6 Å². The smallest absolute Gasteiger partial charge is 0.219 e. The van der Waals surface area contributed by atoms with Gasteiger partial charge in [0.1, 0.15) is 11.6 Å². The van der Waals surface area contributed by atoms with Gasteiger partial charge in [0, 0.05) is 25.9 Å². The number of nitrogens with one attached hydrogen (secondary N) is 1. The van der Waals surface area contributed by atoms with Crippen LogP contribution in [0.3, 0.4) is 0 Å². The second-order valence-electron chi connectivity index (χ2n) is 7.04. The lowest BCUT2D eigenvalue weighted by atomic mass is 10.2. The number of fused-ring (bicyclic) bond motifs is 1. The number of imidazole rings is 1. The van der Waals surface area contributed by atoms with E-state index in [1.54, 1.807) is 0 Å². The molecule has 5 heteroatoms. The van der Waals surface area contributed by atoms with Crippen LogP contribution in [0.15, 0.2) is 48.5 Å². The maximum atomic E-state index is 11.7. The van der Waals surface area contributed by atoms with Gasteiger partial charge in [0.25, 0.3) is 0 Å². The molecule has 0 atom stereocenters. The molecule has 1 N–H and O–H groups in total. The number of aromatic nitrogens is 2. The molecular weight excluding hydrogens is 350 g/mol. The minimum atomic E-state index is 0.108. The second-order valence-corrected chi connectivity index (χ2v) is 7.04. The summed E-state index contributed by atoms with van der Waals surface area (Å²) in [6, 6.07) is 16.3. The van der Waals surface area contributed by atoms with Crippen molar-refractivity contribution in [1.82, 2.24) is 14.9 Å². The first-order chi connectivity index (χ1) is 13.7. The molecule has 0 radical (unpaired) electrons. The zero-order chi connectivity index (χ0) is 19.8. The highest BCUT2D eigenvalue weighted by molar-refractivity contribution is 5.76. The summed E-state index contributed by atoms with van der Waals surface area (Å²) < 4.78 is 8.14. The molecule has 1 heterocycles. The molecule has 0 aliphatic rings. The number of hydrogen-bond donors (Lipinski definition) is 1. The summed E-state index contributed by atoms with van der Waals surface area (Å²) in [5, 5.41) is 2.98. The molecule has 0 unspecified atom stereocenters. The average Bonchev–Trinajstić information content (AvgIpc) is 3.03. The standard InChI is InChI=1S/C23H29N3O2/c1-3-8-23(27)24-14-13-22-25-20-11-4-5-12-21(20)26(22)15-7-16-28-19-10-6-9-18(2)17-19/h4-6,9-12,17H,3,7-8,13-16H2,1-2H3,(H,24,27). The van der Waals surface area contributed by atoms with Crippen molar-refractivity contribution in [2.75, 3.05) is 13.2 Å². The molecular formula is C23H29N3O2. The number of nitrogens with zero attached hydrogens (tertiary/aromatic N) is 2. The molecule has 148 valence electrons. The van der Waals surface area contributed by atoms with E-state index < -0.39 is 0 Å². The van der Waals surface area contributed by atoms with Crippen LogP contribution >= 0.6 is 0 Å². The van der Waals surface area contributed by atoms with Gasteiger partial charge >= 0.3 is 0 Å². The molecule has 28 heavy (non-hydrogen) atoms. The first kappa shape index (κ1) is 19.9. The Hall–Kier alpha value is -2.82. The Bertz CT molecular complexity index is 917. The number of carbonyl (C=O) groups excluding carboxylic acids is 1. The number of carbonyl (C=O) groups is 1. The number of rotatable bonds is 10. The Morgan fingerprint density at radius 2 is 2.04 bits per heavy atom. The van der Waals surface area contributed by atoms with Gasteiger partial charge in [0.2, 0.25) is 5.91 Å². The topological polar surface area (TPSA) is 56.2 Å². The van der Waals surface area contributed by atoms with Crippen molar-refractivity contribution >= 4 is 16.9 Å². The van der Waals surface area contributed by atoms with E-state index in [1.165, 1.54) is 5.56 Å². The SMILES string of the molecule is CCCC(=O)NCCc1nc2ccccc2n1CCCOc1cccc(C)c1. The third-order valence-electron chi connectivity index (χ3n) is 4.67. The fourth-order valence-corrected chi connectivity index (χ4v) is 3.31. The van der Waals surface area contributed by atoms with E-state index in [2.05, 4.69) is 35.0 Å². The highest BCUT2D eigenvalue weighted by Crippen LogP contribution is 2.18. The summed E-state index contributed by atoms with van der Waals surface area (Å²) in [4.78, 5) is 16.5. The second kappa shape index (κ2) is 9.93. The lowest BCUT2D eigenvalue weighted by molar-refractivity contribution is -0.121. The number of aryl methyl sites for hydroxylation is 2. The van der Waals surface area contributed by atoms with Crippen LogP contribution in [-0.2, 0) is 17.8 Å². The van der Waals surface area contributed by atoms with Crippen LogP contribution in [0.2, 0.25) is 0 Å². The van der Waals surface area contributed by atoms with E-state index in [4.69, 9.17) is 9.72 Å². The third-order valence-corrected chi connectivity index (χ3v) is 4.67. The van der Waals surface area contributed by atoms with Crippen molar-refractivity contribution in [2.45, 2.75) is 46.1 Å². The summed E-state index contributed by atoms with van der Waals surface area (Å²) in [5.74, 6) is 2.03. The number of amides is 1. The van der Waals surface area contributed by atoms with E-state index in [0.717, 1.165) is 48.4 Å². The number of ether oxygens (including phenoxy) is 1. The van der Waals surface area contributed by atoms with Crippen molar-refractivity contribution in [2.24, 2.45) is 0 Å². The van der Waals surface area contributed by atoms with E-state index >= 15 is 0 Å². The Labute approximate surface area is 166 Å². The molecule has 0 bridgehead atoms. The van der Waals surface area contributed by atoms with Gasteiger partial charge in [0.05, 0.1) is 17.6 Å². The van der Waals surface area contributed by atoms with Crippen LogP contribution in [0.25, 0.3) is 11.0 Å². The zero-order valence-corrected chi connectivity index (χ0v) is 16.8. The molecule has 0 aliphatic carbocycles. The predicted molar refractivity (Wildman–Crippen MR) is 113 cm³/mol. The molecule has 5 nitrogen and oxygen atoms in total. The molecule has 0 spiro atoms. The minimum absolute atomic E-state index is 0.108. The van der Waals surface area contributed by atoms with Gasteiger partial charge in [-0.1, -0.05) is 31.2 Å². The Balaban J connectivity index is 1.61. The van der Waals surface area contributed by atoms with Crippen LogP contribution in [0.5, 0.6) is 5.75 Å². The maximum Gasteiger partial charge on any atom is 0.219 e. The Kier molecular flexibility index (Phi) is 7.06. The summed E-state index contributed by atoms with van der Waals surface area (Å²) in [6.07, 6.45) is 3.06. The quantitative estimate of drug-likeness (QED) is 0.535. The summed E-state index contributed by atoms with van der Waals surface area (Å²) in [6.45, 7) is 6.18. The largest absolute Gasteiger partial charge is 0.494 e. The maximum absolute atomic E-state index is 11.7. The van der Waals surface area contributed by atoms with E-state index in [9.17, 15) is 4.79 Å². The first-order valence-electron chi connectivity index (χ1n) is 10.1. The van der Waals surface area contributed by atoms with Crippen LogP contribution in [0.4, 0.5) is 0 Å². The van der Waals surface area contributed by atoms with Crippen molar-refractivity contribution < 1.29 is 9.53 Å². The fourth-order valence-electron chi connectivity index (χ4n) is 3.31. The Morgan fingerprint density at radius 3 is 2.86 bits per heavy atom. The van der Waals surface area contributed by atoms with E-state index in [0.29, 0.717) is 19.6 Å². The van der Waals surface area contributed by atoms with Crippen molar-refractivity contribution in [3.8, 4) is 5.75 Å². The summed E-state index contributed by atoms with van der Waals surface area (Å²) >= 11 is 0. The lowest BCUT2D eigenvalue weighted by Crippen LogP contribution is -2.26. The summed E-state index contributed by atoms with van der Waals surface area (Å²) in [5.41, 5.74) is 3.33. The predicted octanol–water partition coefficient (Wildman–Crippen LogP) is 4.27. The van der Waals surface area contributed by atoms with Gasteiger partial charge in [-0.25, -0.2) is 4.98 Å². The number of benzene rings is 2. The molecule has 0 saturated heterocycles. The molecule has 0 saturated carbocycles. The van der Waals surface area contributed by atoms with Crippen LogP contribution < -0.4 is 10.1 Å². The summed E-state index contributed by atoms with van der Waals surface area (Å²) in [7, 11) is 0. The average molecular weight is 380 g/mol. The molecule has 1 aromatic heterocycles. The molecule has 3 aromatic rings. The highest BCUT2D eigenvalue weighted by Gasteiger charge is 2.10. The van der Waals surface area contributed by atoms with Gasteiger partial charge in [-0.05, 0) is 49.6 Å². The van der Waals surface area contributed by atoms with Crippen molar-refractivity contribution in [1.29, 1.82) is 0 Å². The van der Waals surface area contributed by atoms with Crippen LogP contribution in [-0.4, -0.2) is 28.6 Å². The van der Waals surface area contributed by atoms with Gasteiger partial charge in [-0.2, -0.15) is 0 Å². The Morgan fingerprint density at radius 1 is 1.18 bits per heavy atom. The fraction of sp³-hybridized carbons (Fsp3) is 0.391. The van der Waals surface area contributed by atoms with Crippen LogP contribution in [0, 0.1) is 6.92 Å². The van der Waals surface area contributed by atoms with Gasteiger partial charge < -0.3 is 14.6 Å². The van der Waals surface area contributed by atoms with Crippen molar-refractivity contribution in [3.63, 3.8) is 0 Å². The molecule has 2 aromatic carbocycles. The van der Waals surface area contributed by atoms with Crippen molar-refractivity contribution in [3.05, 3.63) is 59.9 Å². The third kappa shape index (κ3) is 5.35. The minimum Gasteiger partial charge on any atom is -0.494 e. The lowest BCUT2D eigenvalue weighted by Gasteiger charge is -2.11. The molecule has 3 rings (SSSR count). The highest BCUT2D eigenvalue weighted by atomic mass is 16.5. The van der Waals surface area contributed by atoms with Gasteiger partial charge in [-0.15, -0.1) is 0 Å². The zero-order valence-electron chi connectivity index (χ0n) is 16.8. The van der Waals surface area contributed by atoms with Gasteiger partial charge in [-0.3, -0.25) is 4.79 Å². The normalized spacial score (nSPS) is 10.9. The van der Waals surface area contributed by atoms with E-state index in [-0.39, 0.29) is 5.91 Å².